The molecule has 1 aliphatic rings. The molecule has 0 saturated carbocycles. The quantitative estimate of drug-likeness (QED) is 0.572. The van der Waals surface area contributed by atoms with Crippen LogP contribution in [-0.2, 0) is 14.3 Å². The van der Waals surface area contributed by atoms with E-state index in [9.17, 15) is 9.59 Å². The molecule has 0 saturated heterocycles. The second-order valence-corrected chi connectivity index (χ2v) is 3.55. The first-order chi connectivity index (χ1) is 8.17. The Bertz CT molecular complexity index is 328. The highest BCUT2D eigenvalue weighted by Crippen LogP contribution is 2.06. The summed E-state index contributed by atoms with van der Waals surface area (Å²) >= 11 is 0. The summed E-state index contributed by atoms with van der Waals surface area (Å²) in [7, 11) is 1.27. The number of nitrogens with zero attached hydrogens (tertiary/aromatic N) is 2. The van der Waals surface area contributed by atoms with E-state index in [0.29, 0.717) is 6.42 Å². The van der Waals surface area contributed by atoms with Crippen LogP contribution in [0.25, 0.3) is 0 Å². The van der Waals surface area contributed by atoms with Crippen molar-refractivity contribution in [2.24, 2.45) is 15.7 Å². The number of rotatable bonds is 6. The lowest BCUT2D eigenvalue weighted by Crippen LogP contribution is -2.43. The highest BCUT2D eigenvalue weighted by atomic mass is 16.5. The minimum atomic E-state index is -0.717. The van der Waals surface area contributed by atoms with Crippen molar-refractivity contribution in [3.05, 3.63) is 0 Å². The van der Waals surface area contributed by atoms with Gasteiger partial charge in [0.25, 0.3) is 0 Å². The van der Waals surface area contributed by atoms with Crippen molar-refractivity contribution in [2.75, 3.05) is 13.7 Å². The molecule has 0 radical (unpaired) electrons. The highest BCUT2D eigenvalue weighted by molar-refractivity contribution is 5.86. The molecular weight excluding hydrogens is 224 g/mol. The predicted octanol–water partition coefficient (Wildman–Crippen LogP) is -1.14. The molecule has 0 aromatic rings. The molecule has 1 unspecified atom stereocenters. The zero-order valence-corrected chi connectivity index (χ0v) is 9.63. The summed E-state index contributed by atoms with van der Waals surface area (Å²) in [5, 5.41) is 2.57. The molecule has 7 heteroatoms. The Labute approximate surface area is 99.1 Å². The zero-order chi connectivity index (χ0) is 12.7. The van der Waals surface area contributed by atoms with Crippen LogP contribution < -0.4 is 11.1 Å². The third-order valence-corrected chi connectivity index (χ3v) is 2.25. The van der Waals surface area contributed by atoms with Crippen LogP contribution in [0.1, 0.15) is 12.8 Å². The first-order valence-electron chi connectivity index (χ1n) is 5.29. The third-order valence-electron chi connectivity index (χ3n) is 2.25. The second-order valence-electron chi connectivity index (χ2n) is 3.55. The maximum atomic E-state index is 11.5. The maximum absolute atomic E-state index is 11.5. The predicted molar refractivity (Wildman–Crippen MR) is 63.0 cm³/mol. The lowest BCUT2D eigenvalue weighted by molar-refractivity contribution is -0.145. The van der Waals surface area contributed by atoms with E-state index in [1.165, 1.54) is 13.4 Å². The average molecular weight is 240 g/mol. The maximum Gasteiger partial charge on any atom is 0.328 e. The van der Waals surface area contributed by atoms with E-state index >= 15 is 0 Å². The minimum Gasteiger partial charge on any atom is -0.467 e. The number of hydrogen-bond acceptors (Lipinski definition) is 6. The standard InChI is InChI=1S/C10H16N4O3/c1-17-10(16)8(14-9(15)2-3-11)4-7-5-12-6-13-7/h5-8H,2-4,11H2,1H3,(H,14,15)/t7?,8-/m0/s1. The number of amides is 1. The molecule has 0 fully saturated rings. The van der Waals surface area contributed by atoms with Crippen LogP contribution in [0.15, 0.2) is 9.98 Å². The lowest BCUT2D eigenvalue weighted by Gasteiger charge is -2.17. The molecule has 3 N–H and O–H groups in total. The van der Waals surface area contributed by atoms with E-state index in [1.54, 1.807) is 6.21 Å². The summed E-state index contributed by atoms with van der Waals surface area (Å²) in [6, 6.07) is -0.914. The van der Waals surface area contributed by atoms with Crippen LogP contribution in [0.2, 0.25) is 0 Å². The third kappa shape index (κ3) is 4.31. The number of hydrogen-bond donors (Lipinski definition) is 2. The van der Waals surface area contributed by atoms with Crippen molar-refractivity contribution in [3.8, 4) is 0 Å². The minimum absolute atomic E-state index is 0.176. The number of aliphatic imine (C=N–C) groups is 2. The van der Waals surface area contributed by atoms with Crippen LogP contribution in [0, 0.1) is 0 Å². The SMILES string of the molecule is COC(=O)[C@H](CC1C=NC=N1)NC(=O)CCN. The number of esters is 1. The van der Waals surface area contributed by atoms with Gasteiger partial charge in [0.2, 0.25) is 5.91 Å². The van der Waals surface area contributed by atoms with E-state index in [0.717, 1.165) is 0 Å². The normalized spacial score (nSPS) is 19.1. The van der Waals surface area contributed by atoms with Gasteiger partial charge in [-0.1, -0.05) is 0 Å². The smallest absolute Gasteiger partial charge is 0.328 e. The van der Waals surface area contributed by atoms with Gasteiger partial charge in [-0.05, 0) is 0 Å². The second kappa shape index (κ2) is 6.74. The molecule has 1 amide bonds. The van der Waals surface area contributed by atoms with Gasteiger partial charge >= 0.3 is 5.97 Å². The average Bonchev–Trinajstić information content (AvgIpc) is 2.80. The molecule has 0 aliphatic carbocycles. The fourth-order valence-corrected chi connectivity index (χ4v) is 1.42. The first-order valence-corrected chi connectivity index (χ1v) is 5.29. The van der Waals surface area contributed by atoms with E-state index in [4.69, 9.17) is 5.73 Å². The van der Waals surface area contributed by atoms with E-state index in [-0.39, 0.29) is 24.9 Å². The Hall–Kier alpha value is -1.76. The van der Waals surface area contributed by atoms with Crippen molar-refractivity contribution >= 4 is 24.4 Å². The number of carbonyl (C=O) groups excluding carboxylic acids is 2. The first kappa shape index (κ1) is 13.3. The number of nitrogens with one attached hydrogen (secondary N) is 1. The van der Waals surface area contributed by atoms with Gasteiger partial charge in [-0.25, -0.2) is 9.79 Å². The van der Waals surface area contributed by atoms with Gasteiger partial charge in [0.05, 0.1) is 13.2 Å². The monoisotopic (exact) mass is 240 g/mol. The number of methoxy groups -OCH3 is 1. The number of nitrogens with two attached hydrogens (primary N) is 1. The van der Waals surface area contributed by atoms with E-state index in [2.05, 4.69) is 20.0 Å². The van der Waals surface area contributed by atoms with Crippen LogP contribution >= 0.6 is 0 Å². The molecule has 0 spiro atoms. The number of carbonyl (C=O) groups is 2. The molecule has 17 heavy (non-hydrogen) atoms. The fraction of sp³-hybridized carbons (Fsp3) is 0.600. The Kier molecular flexibility index (Phi) is 5.28. The molecule has 1 heterocycles. The van der Waals surface area contributed by atoms with Gasteiger partial charge in [-0.2, -0.15) is 0 Å². The summed E-state index contributed by atoms with van der Waals surface area (Å²) in [5.41, 5.74) is 5.26. The molecule has 7 nitrogen and oxygen atoms in total. The highest BCUT2D eigenvalue weighted by Gasteiger charge is 2.25. The molecule has 0 bridgehead atoms. The van der Waals surface area contributed by atoms with Gasteiger partial charge < -0.3 is 15.8 Å². The molecule has 0 aromatic heterocycles. The summed E-state index contributed by atoms with van der Waals surface area (Å²) in [6.45, 7) is 0.239. The van der Waals surface area contributed by atoms with Crippen LogP contribution in [0.3, 0.4) is 0 Å². The largest absolute Gasteiger partial charge is 0.467 e. The van der Waals surface area contributed by atoms with Crippen LogP contribution in [-0.4, -0.2) is 50.2 Å². The number of ether oxygens (including phenoxy) is 1. The van der Waals surface area contributed by atoms with Gasteiger partial charge in [0, 0.05) is 25.6 Å². The summed E-state index contributed by atoms with van der Waals surface area (Å²) in [4.78, 5) is 30.7. The fourth-order valence-electron chi connectivity index (χ4n) is 1.42. The van der Waals surface area contributed by atoms with Crippen molar-refractivity contribution < 1.29 is 14.3 Å². The molecular formula is C10H16N4O3. The van der Waals surface area contributed by atoms with Gasteiger partial charge in [0.15, 0.2) is 0 Å². The van der Waals surface area contributed by atoms with Crippen LogP contribution in [0.4, 0.5) is 0 Å². The molecule has 1 rings (SSSR count). The van der Waals surface area contributed by atoms with Crippen molar-refractivity contribution in [1.29, 1.82) is 0 Å². The van der Waals surface area contributed by atoms with Crippen molar-refractivity contribution in [3.63, 3.8) is 0 Å². The Morgan fingerprint density at radius 1 is 1.59 bits per heavy atom. The summed E-state index contributed by atoms with van der Waals surface area (Å²) < 4.78 is 4.62. The van der Waals surface area contributed by atoms with Crippen molar-refractivity contribution in [2.45, 2.75) is 24.9 Å². The Morgan fingerprint density at radius 2 is 2.35 bits per heavy atom. The van der Waals surface area contributed by atoms with Crippen molar-refractivity contribution in [1.82, 2.24) is 5.32 Å². The lowest BCUT2D eigenvalue weighted by atomic mass is 10.1. The van der Waals surface area contributed by atoms with Gasteiger partial charge in [-0.15, -0.1) is 0 Å². The topological polar surface area (TPSA) is 106 Å². The molecule has 1 aliphatic heterocycles. The van der Waals surface area contributed by atoms with Crippen LogP contribution in [0.5, 0.6) is 0 Å². The molecule has 2 atom stereocenters. The van der Waals surface area contributed by atoms with Gasteiger partial charge in [0.1, 0.15) is 12.4 Å². The van der Waals surface area contributed by atoms with E-state index < -0.39 is 12.0 Å². The Morgan fingerprint density at radius 3 is 2.88 bits per heavy atom. The summed E-state index contributed by atoms with van der Waals surface area (Å²) in [6.07, 6.45) is 3.55. The summed E-state index contributed by atoms with van der Waals surface area (Å²) in [5.74, 6) is -0.771. The Balaban J connectivity index is 2.53. The molecule has 0 aromatic carbocycles. The van der Waals surface area contributed by atoms with Gasteiger partial charge in [-0.3, -0.25) is 9.79 Å². The van der Waals surface area contributed by atoms with E-state index in [1.807, 2.05) is 0 Å². The molecule has 94 valence electrons. The zero-order valence-electron chi connectivity index (χ0n) is 9.63.